The van der Waals surface area contributed by atoms with E-state index < -0.39 is 0 Å². The van der Waals surface area contributed by atoms with Crippen molar-refractivity contribution in [3.8, 4) is 0 Å². The van der Waals surface area contributed by atoms with Gasteiger partial charge in [-0.15, -0.1) is 11.8 Å². The van der Waals surface area contributed by atoms with E-state index >= 15 is 0 Å². The number of hydrogen-bond donors (Lipinski definition) is 1. The van der Waals surface area contributed by atoms with Crippen molar-refractivity contribution >= 4 is 11.8 Å². The van der Waals surface area contributed by atoms with Gasteiger partial charge in [0.05, 0.1) is 0 Å². The fraction of sp³-hybridized carbons (Fsp3) is 0.647. The number of benzene rings is 1. The van der Waals surface area contributed by atoms with Crippen molar-refractivity contribution in [3.05, 3.63) is 29.8 Å². The maximum Gasteiger partial charge on any atom is 0.0341 e. The van der Waals surface area contributed by atoms with Crippen LogP contribution in [0.25, 0.3) is 0 Å². The Kier molecular flexibility index (Phi) is 3.65. The Labute approximate surface area is 121 Å². The SMILES string of the molecule is CC1CC(C)(C)CC1NC1CCSc2ccccc21. The largest absolute Gasteiger partial charge is 0.307 e. The van der Waals surface area contributed by atoms with Crippen LogP contribution in [-0.4, -0.2) is 11.8 Å². The highest BCUT2D eigenvalue weighted by atomic mass is 32.2. The molecule has 3 unspecified atom stereocenters. The fourth-order valence-corrected chi connectivity index (χ4v) is 5.02. The first kappa shape index (κ1) is 13.5. The number of thioether (sulfide) groups is 1. The highest BCUT2D eigenvalue weighted by Crippen LogP contribution is 2.43. The topological polar surface area (TPSA) is 12.0 Å². The van der Waals surface area contributed by atoms with E-state index in [9.17, 15) is 0 Å². The van der Waals surface area contributed by atoms with Crippen molar-refractivity contribution in [2.45, 2.75) is 57.0 Å². The molecule has 0 aromatic heterocycles. The minimum atomic E-state index is 0.514. The van der Waals surface area contributed by atoms with E-state index in [-0.39, 0.29) is 0 Å². The van der Waals surface area contributed by atoms with E-state index in [0.29, 0.717) is 17.5 Å². The minimum absolute atomic E-state index is 0.514. The average molecular weight is 275 g/mol. The summed E-state index contributed by atoms with van der Waals surface area (Å²) in [7, 11) is 0. The lowest BCUT2D eigenvalue weighted by molar-refractivity contribution is 0.347. The Morgan fingerprint density at radius 2 is 2.00 bits per heavy atom. The molecule has 1 nitrogen and oxygen atoms in total. The lowest BCUT2D eigenvalue weighted by atomic mass is 9.91. The Morgan fingerprint density at radius 3 is 2.74 bits per heavy atom. The Hall–Kier alpha value is -0.470. The molecule has 1 aromatic carbocycles. The molecule has 1 aromatic rings. The van der Waals surface area contributed by atoms with E-state index in [0.717, 1.165) is 5.92 Å². The third kappa shape index (κ3) is 2.85. The summed E-state index contributed by atoms with van der Waals surface area (Å²) in [6, 6.07) is 10.2. The molecule has 1 saturated carbocycles. The number of rotatable bonds is 2. The molecule has 2 heteroatoms. The summed E-state index contributed by atoms with van der Waals surface area (Å²) in [4.78, 5) is 1.48. The highest BCUT2D eigenvalue weighted by Gasteiger charge is 2.38. The van der Waals surface area contributed by atoms with E-state index in [1.807, 2.05) is 11.8 Å². The van der Waals surface area contributed by atoms with Crippen LogP contribution in [0.1, 0.15) is 51.6 Å². The molecular formula is C17H25NS. The van der Waals surface area contributed by atoms with Crippen molar-refractivity contribution in [1.82, 2.24) is 5.32 Å². The molecule has 104 valence electrons. The molecule has 1 fully saturated rings. The van der Waals surface area contributed by atoms with Gasteiger partial charge in [-0.05, 0) is 48.0 Å². The van der Waals surface area contributed by atoms with Crippen molar-refractivity contribution < 1.29 is 0 Å². The minimum Gasteiger partial charge on any atom is -0.307 e. The lowest BCUT2D eigenvalue weighted by Gasteiger charge is -2.30. The third-order valence-electron chi connectivity index (χ3n) is 4.71. The molecule has 3 atom stereocenters. The maximum absolute atomic E-state index is 3.97. The van der Waals surface area contributed by atoms with Gasteiger partial charge >= 0.3 is 0 Å². The predicted octanol–water partition coefficient (Wildman–Crippen LogP) is 4.64. The summed E-state index contributed by atoms with van der Waals surface area (Å²) >= 11 is 2.01. The van der Waals surface area contributed by atoms with Crippen LogP contribution in [0.15, 0.2) is 29.2 Å². The standard InChI is InChI=1S/C17H25NS/c1-12-10-17(2,3)11-15(12)18-14-8-9-19-16-7-5-4-6-13(14)16/h4-7,12,14-15,18H,8-11H2,1-3H3. The van der Waals surface area contributed by atoms with E-state index in [1.54, 1.807) is 0 Å². The smallest absolute Gasteiger partial charge is 0.0341 e. The molecule has 0 spiro atoms. The van der Waals surface area contributed by atoms with Crippen LogP contribution >= 0.6 is 11.8 Å². The second kappa shape index (κ2) is 5.14. The zero-order valence-corrected chi connectivity index (χ0v) is 13.1. The van der Waals surface area contributed by atoms with E-state index in [2.05, 4.69) is 50.4 Å². The van der Waals surface area contributed by atoms with Gasteiger partial charge in [-0.3, -0.25) is 0 Å². The summed E-state index contributed by atoms with van der Waals surface area (Å²) in [5.74, 6) is 2.05. The Morgan fingerprint density at radius 1 is 1.21 bits per heavy atom. The first-order valence-corrected chi connectivity index (χ1v) is 8.51. The maximum atomic E-state index is 3.97. The molecule has 2 aliphatic rings. The van der Waals surface area contributed by atoms with Gasteiger partial charge in [0, 0.05) is 17.0 Å². The Balaban J connectivity index is 1.75. The second-order valence-electron chi connectivity index (χ2n) is 7.05. The summed E-state index contributed by atoms with van der Waals surface area (Å²) in [6.07, 6.45) is 3.94. The van der Waals surface area contributed by atoms with Crippen molar-refractivity contribution in [1.29, 1.82) is 0 Å². The summed E-state index contributed by atoms with van der Waals surface area (Å²) in [6.45, 7) is 7.24. The van der Waals surface area contributed by atoms with E-state index in [4.69, 9.17) is 0 Å². The first-order chi connectivity index (χ1) is 9.05. The van der Waals surface area contributed by atoms with Crippen LogP contribution in [0.4, 0.5) is 0 Å². The van der Waals surface area contributed by atoms with Gasteiger partial charge in [0.15, 0.2) is 0 Å². The molecule has 0 bridgehead atoms. The molecule has 1 aliphatic heterocycles. The van der Waals surface area contributed by atoms with Gasteiger partial charge in [0.1, 0.15) is 0 Å². The summed E-state index contributed by atoms with van der Waals surface area (Å²) < 4.78 is 0. The molecule has 0 saturated heterocycles. The van der Waals surface area contributed by atoms with Crippen LogP contribution in [0.5, 0.6) is 0 Å². The Bertz CT molecular complexity index is 454. The molecule has 1 N–H and O–H groups in total. The van der Waals surface area contributed by atoms with Crippen molar-refractivity contribution in [3.63, 3.8) is 0 Å². The molecule has 1 heterocycles. The third-order valence-corrected chi connectivity index (χ3v) is 5.83. The molecule has 0 radical (unpaired) electrons. The highest BCUT2D eigenvalue weighted by molar-refractivity contribution is 7.99. The summed E-state index contributed by atoms with van der Waals surface area (Å²) in [5, 5.41) is 3.97. The first-order valence-electron chi connectivity index (χ1n) is 7.53. The number of fused-ring (bicyclic) bond motifs is 1. The van der Waals surface area contributed by atoms with Crippen LogP contribution in [0.3, 0.4) is 0 Å². The number of hydrogen-bond acceptors (Lipinski definition) is 2. The second-order valence-corrected chi connectivity index (χ2v) is 8.19. The van der Waals surface area contributed by atoms with Gasteiger partial charge < -0.3 is 5.32 Å². The monoisotopic (exact) mass is 275 g/mol. The molecule has 3 rings (SSSR count). The molecule has 19 heavy (non-hydrogen) atoms. The molecule has 1 aliphatic carbocycles. The van der Waals surface area contributed by atoms with Gasteiger partial charge in [0.25, 0.3) is 0 Å². The van der Waals surface area contributed by atoms with Gasteiger partial charge in [-0.25, -0.2) is 0 Å². The van der Waals surface area contributed by atoms with Crippen LogP contribution in [-0.2, 0) is 0 Å². The summed E-state index contributed by atoms with van der Waals surface area (Å²) in [5.41, 5.74) is 2.04. The zero-order chi connectivity index (χ0) is 13.5. The van der Waals surface area contributed by atoms with Crippen LogP contribution in [0.2, 0.25) is 0 Å². The zero-order valence-electron chi connectivity index (χ0n) is 12.3. The molecule has 0 amide bonds. The quantitative estimate of drug-likeness (QED) is 0.844. The van der Waals surface area contributed by atoms with Gasteiger partial charge in [-0.1, -0.05) is 39.0 Å². The van der Waals surface area contributed by atoms with Gasteiger partial charge in [0.2, 0.25) is 0 Å². The number of nitrogens with one attached hydrogen (secondary N) is 1. The predicted molar refractivity (Wildman–Crippen MR) is 83.6 cm³/mol. The van der Waals surface area contributed by atoms with Crippen LogP contribution in [0, 0.1) is 11.3 Å². The molecular weight excluding hydrogens is 250 g/mol. The van der Waals surface area contributed by atoms with E-state index in [1.165, 1.54) is 35.5 Å². The van der Waals surface area contributed by atoms with Crippen LogP contribution < -0.4 is 5.32 Å². The van der Waals surface area contributed by atoms with Crippen molar-refractivity contribution in [2.24, 2.45) is 11.3 Å². The van der Waals surface area contributed by atoms with Crippen molar-refractivity contribution in [2.75, 3.05) is 5.75 Å². The normalized spacial score (nSPS) is 33.1. The van der Waals surface area contributed by atoms with Gasteiger partial charge in [-0.2, -0.15) is 0 Å². The fourth-order valence-electron chi connectivity index (χ4n) is 3.89. The average Bonchev–Trinajstić information content (AvgIpc) is 2.63. The lowest BCUT2D eigenvalue weighted by Crippen LogP contribution is -2.36.